The molecule has 2 nitrogen and oxygen atoms in total. The Morgan fingerprint density at radius 1 is 0.656 bits per heavy atom. The Kier molecular flexibility index (Phi) is 7.19. The van der Waals surface area contributed by atoms with E-state index in [4.69, 9.17) is 9.47 Å². The summed E-state index contributed by atoms with van der Waals surface area (Å²) in [5, 5.41) is 3.80. The number of rotatable bonds is 9. The van der Waals surface area contributed by atoms with Crippen molar-refractivity contribution in [1.29, 1.82) is 0 Å². The summed E-state index contributed by atoms with van der Waals surface area (Å²) in [6.07, 6.45) is 0.859. The molecule has 0 saturated heterocycles. The molecule has 0 aliphatic heterocycles. The largest absolute Gasteiger partial charge is 0.497 e. The minimum Gasteiger partial charge on any atom is -0.497 e. The van der Waals surface area contributed by atoms with E-state index in [0.29, 0.717) is 5.75 Å². The van der Waals surface area contributed by atoms with Crippen LogP contribution in [0.4, 0.5) is 4.39 Å². The molecular formula is C28H27FO2P+. The van der Waals surface area contributed by atoms with Gasteiger partial charge in [0.1, 0.15) is 48.0 Å². The second kappa shape index (κ2) is 10.4. The standard InChI is InChI=1S/C28H27FO2P/c1-30-24-17-15-23(16-18-24)22-32(26-10-4-2-5-11-26,27-12-6-3-7-13-27)28-14-8-9-25(21-28)31-20-19-29/h2-18,21H,19-20,22H2,1H3/q+1. The van der Waals surface area contributed by atoms with Crippen LogP contribution in [0.1, 0.15) is 5.56 Å². The van der Waals surface area contributed by atoms with Crippen molar-refractivity contribution in [2.24, 2.45) is 0 Å². The van der Waals surface area contributed by atoms with Crippen LogP contribution in [0.5, 0.6) is 11.5 Å². The summed E-state index contributed by atoms with van der Waals surface area (Å²) >= 11 is 0. The first-order chi connectivity index (χ1) is 15.8. The third kappa shape index (κ3) is 4.69. The first-order valence-electron chi connectivity index (χ1n) is 10.7. The fraction of sp³-hybridized carbons (Fsp3) is 0.143. The zero-order valence-corrected chi connectivity index (χ0v) is 19.0. The number of ether oxygens (including phenoxy) is 2. The van der Waals surface area contributed by atoms with Crippen LogP contribution in [0.2, 0.25) is 0 Å². The van der Waals surface area contributed by atoms with Gasteiger partial charge in [-0.1, -0.05) is 54.6 Å². The highest BCUT2D eigenvalue weighted by atomic mass is 31.2. The maximum atomic E-state index is 12.8. The average Bonchev–Trinajstić information content (AvgIpc) is 2.87. The second-order valence-corrected chi connectivity index (χ2v) is 11.0. The van der Waals surface area contributed by atoms with Gasteiger partial charge in [-0.2, -0.15) is 0 Å². The molecule has 4 aromatic rings. The van der Waals surface area contributed by atoms with Gasteiger partial charge in [0.15, 0.2) is 0 Å². The molecule has 4 rings (SSSR count). The van der Waals surface area contributed by atoms with Gasteiger partial charge in [-0.25, -0.2) is 4.39 Å². The van der Waals surface area contributed by atoms with Gasteiger partial charge in [-0.15, -0.1) is 0 Å². The molecular weight excluding hydrogens is 418 g/mol. The number of alkyl halides is 1. The zero-order chi connectivity index (χ0) is 22.2. The van der Waals surface area contributed by atoms with Gasteiger partial charge in [-0.3, -0.25) is 0 Å². The Labute approximate surface area is 190 Å². The third-order valence-corrected chi connectivity index (χ3v) is 9.94. The Morgan fingerprint density at radius 3 is 1.81 bits per heavy atom. The third-order valence-electron chi connectivity index (χ3n) is 5.58. The first kappa shape index (κ1) is 22.0. The quantitative estimate of drug-likeness (QED) is 0.315. The van der Waals surface area contributed by atoms with E-state index in [9.17, 15) is 4.39 Å². The van der Waals surface area contributed by atoms with E-state index in [-0.39, 0.29) is 6.61 Å². The van der Waals surface area contributed by atoms with E-state index in [0.717, 1.165) is 11.9 Å². The fourth-order valence-electron chi connectivity index (χ4n) is 4.06. The van der Waals surface area contributed by atoms with E-state index in [1.165, 1.54) is 21.5 Å². The van der Waals surface area contributed by atoms with Gasteiger partial charge in [0, 0.05) is 6.07 Å². The lowest BCUT2D eigenvalue weighted by Gasteiger charge is -2.28. The molecule has 0 fully saturated rings. The Balaban J connectivity index is 1.93. The summed E-state index contributed by atoms with van der Waals surface area (Å²) in [7, 11) is -0.389. The minimum atomic E-state index is -2.07. The first-order valence-corrected chi connectivity index (χ1v) is 12.7. The minimum absolute atomic E-state index is 0.0596. The molecule has 0 heterocycles. The molecule has 0 aromatic heterocycles. The van der Waals surface area contributed by atoms with Crippen LogP contribution in [0.3, 0.4) is 0 Å². The van der Waals surface area contributed by atoms with Gasteiger partial charge < -0.3 is 9.47 Å². The predicted octanol–water partition coefficient (Wildman–Crippen LogP) is 5.54. The summed E-state index contributed by atoms with van der Waals surface area (Å²) in [6, 6.07) is 37.9. The smallest absolute Gasteiger partial charge is 0.123 e. The monoisotopic (exact) mass is 445 g/mol. The number of hydrogen-bond donors (Lipinski definition) is 0. The van der Waals surface area contributed by atoms with Gasteiger partial charge in [0.2, 0.25) is 0 Å². The molecule has 4 aromatic carbocycles. The fourth-order valence-corrected chi connectivity index (χ4v) is 8.31. The number of hydrogen-bond acceptors (Lipinski definition) is 2. The highest BCUT2D eigenvalue weighted by Crippen LogP contribution is 2.58. The van der Waals surface area contributed by atoms with Gasteiger partial charge in [0.05, 0.1) is 13.3 Å². The molecule has 0 saturated carbocycles. The molecule has 0 unspecified atom stereocenters. The molecule has 0 atom stereocenters. The SMILES string of the molecule is COc1ccc(C[P+](c2ccccc2)(c2ccccc2)c2cccc(OCCF)c2)cc1. The lowest BCUT2D eigenvalue weighted by molar-refractivity contribution is 0.273. The van der Waals surface area contributed by atoms with E-state index in [1.54, 1.807) is 7.11 Å². The van der Waals surface area contributed by atoms with Crippen molar-refractivity contribution in [3.63, 3.8) is 0 Å². The van der Waals surface area contributed by atoms with Crippen LogP contribution < -0.4 is 25.4 Å². The lowest BCUT2D eigenvalue weighted by atomic mass is 10.2. The Hall–Kier alpha value is -3.16. The van der Waals surface area contributed by atoms with Crippen LogP contribution in [0.15, 0.2) is 109 Å². The normalized spacial score (nSPS) is 11.2. The highest BCUT2D eigenvalue weighted by Gasteiger charge is 2.45. The molecule has 0 N–H and O–H groups in total. The second-order valence-electron chi connectivity index (χ2n) is 7.52. The van der Waals surface area contributed by atoms with Crippen molar-refractivity contribution in [1.82, 2.24) is 0 Å². The molecule has 0 amide bonds. The van der Waals surface area contributed by atoms with Crippen LogP contribution in [0.25, 0.3) is 0 Å². The summed E-state index contributed by atoms with van der Waals surface area (Å²) in [4.78, 5) is 0. The van der Waals surface area contributed by atoms with E-state index in [1.807, 2.05) is 24.3 Å². The van der Waals surface area contributed by atoms with Crippen LogP contribution in [-0.4, -0.2) is 20.4 Å². The summed E-state index contributed by atoms with van der Waals surface area (Å²) in [5.41, 5.74) is 1.24. The molecule has 0 spiro atoms. The summed E-state index contributed by atoms with van der Waals surface area (Å²) in [5.74, 6) is 1.55. The molecule has 0 bridgehead atoms. The van der Waals surface area contributed by atoms with Gasteiger partial charge in [0.25, 0.3) is 0 Å². The van der Waals surface area contributed by atoms with Crippen molar-refractivity contribution < 1.29 is 13.9 Å². The molecule has 162 valence electrons. The van der Waals surface area contributed by atoms with Crippen LogP contribution in [-0.2, 0) is 6.16 Å². The van der Waals surface area contributed by atoms with Crippen molar-refractivity contribution in [2.75, 3.05) is 20.4 Å². The molecule has 0 aliphatic carbocycles. The molecule has 0 aliphatic rings. The Morgan fingerprint density at radius 2 is 1.25 bits per heavy atom. The van der Waals surface area contributed by atoms with Crippen LogP contribution in [0, 0.1) is 0 Å². The van der Waals surface area contributed by atoms with Crippen LogP contribution >= 0.6 is 7.26 Å². The maximum Gasteiger partial charge on any atom is 0.123 e. The van der Waals surface area contributed by atoms with Crippen molar-refractivity contribution in [3.05, 3.63) is 115 Å². The van der Waals surface area contributed by atoms with Crippen molar-refractivity contribution >= 4 is 23.2 Å². The molecule has 4 heteroatoms. The van der Waals surface area contributed by atoms with E-state index >= 15 is 0 Å². The van der Waals surface area contributed by atoms with Crippen molar-refractivity contribution in [3.8, 4) is 11.5 Å². The number of methoxy groups -OCH3 is 1. The van der Waals surface area contributed by atoms with Gasteiger partial charge >= 0.3 is 0 Å². The summed E-state index contributed by atoms with van der Waals surface area (Å²) in [6.45, 7) is -0.447. The average molecular weight is 445 g/mol. The van der Waals surface area contributed by atoms with E-state index in [2.05, 4.69) is 84.9 Å². The number of halogens is 1. The highest BCUT2D eigenvalue weighted by molar-refractivity contribution is 7.95. The summed E-state index contributed by atoms with van der Waals surface area (Å²) < 4.78 is 23.8. The topological polar surface area (TPSA) is 18.5 Å². The zero-order valence-electron chi connectivity index (χ0n) is 18.2. The lowest BCUT2D eigenvalue weighted by Crippen LogP contribution is -2.32. The predicted molar refractivity (Wildman–Crippen MR) is 133 cm³/mol. The number of benzene rings is 4. The molecule has 32 heavy (non-hydrogen) atoms. The van der Waals surface area contributed by atoms with Gasteiger partial charge in [-0.05, 0) is 54.1 Å². The van der Waals surface area contributed by atoms with Crippen molar-refractivity contribution in [2.45, 2.75) is 6.16 Å². The maximum absolute atomic E-state index is 12.8. The molecule has 0 radical (unpaired) electrons. The Bertz CT molecular complexity index is 1080. The van der Waals surface area contributed by atoms with E-state index < -0.39 is 13.9 Å².